The Kier molecular flexibility index (Phi) is 4.55. The van der Waals surface area contributed by atoms with Crippen LogP contribution in [0.15, 0.2) is 84.1 Å². The molecule has 0 spiro atoms. The van der Waals surface area contributed by atoms with Crippen LogP contribution in [0, 0.1) is 0 Å². The van der Waals surface area contributed by atoms with Crippen molar-refractivity contribution in [3.63, 3.8) is 0 Å². The molecule has 3 rings (SSSR count). The van der Waals surface area contributed by atoms with Gasteiger partial charge in [0.15, 0.2) is 0 Å². The number of pyridine rings is 1. The lowest BCUT2D eigenvalue weighted by molar-refractivity contribution is 0.102. The Bertz CT molecular complexity index is 797. The lowest BCUT2D eigenvalue weighted by Gasteiger charge is -2.05. The summed E-state index contributed by atoms with van der Waals surface area (Å²) in [6, 6.07) is 20.3. The van der Waals surface area contributed by atoms with Crippen molar-refractivity contribution in [1.29, 1.82) is 0 Å². The third-order valence-corrected chi connectivity index (χ3v) is 3.23. The van der Waals surface area contributed by atoms with E-state index in [0.29, 0.717) is 5.56 Å². The number of hydrogen-bond donors (Lipinski definition) is 1. The van der Waals surface area contributed by atoms with Crippen LogP contribution < -0.4 is 5.32 Å². The molecule has 0 unspecified atom stereocenters. The Morgan fingerprint density at radius 1 is 0.913 bits per heavy atom. The van der Waals surface area contributed by atoms with Crippen molar-refractivity contribution < 1.29 is 4.79 Å². The molecule has 2 aromatic carbocycles. The first kappa shape index (κ1) is 14.7. The zero-order valence-electron chi connectivity index (χ0n) is 12.4. The predicted molar refractivity (Wildman–Crippen MR) is 92.3 cm³/mol. The van der Waals surface area contributed by atoms with Crippen molar-refractivity contribution in [3.8, 4) is 0 Å². The first-order valence-electron chi connectivity index (χ1n) is 7.22. The summed E-state index contributed by atoms with van der Waals surface area (Å²) in [4.78, 5) is 20.4. The van der Waals surface area contributed by atoms with E-state index in [1.54, 1.807) is 30.7 Å². The zero-order valence-corrected chi connectivity index (χ0v) is 12.4. The molecule has 23 heavy (non-hydrogen) atoms. The van der Waals surface area contributed by atoms with Gasteiger partial charge < -0.3 is 5.32 Å². The topological polar surface area (TPSA) is 54.4 Å². The van der Waals surface area contributed by atoms with Crippen LogP contribution in [-0.2, 0) is 0 Å². The molecule has 0 bridgehead atoms. The second kappa shape index (κ2) is 7.13. The molecule has 4 heteroatoms. The Hall–Kier alpha value is -3.27. The fourth-order valence-electron chi connectivity index (χ4n) is 2.02. The number of nitrogens with zero attached hydrogens (tertiary/aromatic N) is 2. The summed E-state index contributed by atoms with van der Waals surface area (Å²) in [5.74, 6) is -0.126. The second-order valence-electron chi connectivity index (χ2n) is 4.91. The minimum Gasteiger partial charge on any atom is -0.322 e. The van der Waals surface area contributed by atoms with E-state index in [-0.39, 0.29) is 5.91 Å². The highest BCUT2D eigenvalue weighted by molar-refractivity contribution is 6.04. The molecule has 0 saturated carbocycles. The van der Waals surface area contributed by atoms with E-state index in [4.69, 9.17) is 0 Å². The standard InChI is InChI=1S/C19H15N3O/c23-19(16-4-2-1-3-5-16)22-18-8-6-17(7-9-18)21-14-15-10-12-20-13-11-15/h1-14H,(H,22,23). The molecule has 0 fully saturated rings. The van der Waals surface area contributed by atoms with Crippen LogP contribution >= 0.6 is 0 Å². The number of anilines is 1. The highest BCUT2D eigenvalue weighted by Crippen LogP contribution is 2.17. The number of aromatic nitrogens is 1. The Labute approximate surface area is 134 Å². The quantitative estimate of drug-likeness (QED) is 0.738. The van der Waals surface area contributed by atoms with E-state index < -0.39 is 0 Å². The van der Waals surface area contributed by atoms with E-state index in [0.717, 1.165) is 16.9 Å². The van der Waals surface area contributed by atoms with Crippen LogP contribution in [0.5, 0.6) is 0 Å². The number of amides is 1. The van der Waals surface area contributed by atoms with Gasteiger partial charge in [-0.25, -0.2) is 0 Å². The summed E-state index contributed by atoms with van der Waals surface area (Å²) >= 11 is 0. The van der Waals surface area contributed by atoms with E-state index in [9.17, 15) is 4.79 Å². The van der Waals surface area contributed by atoms with Crippen molar-refractivity contribution in [2.24, 2.45) is 4.99 Å². The summed E-state index contributed by atoms with van der Waals surface area (Å²) in [6.45, 7) is 0. The normalized spacial score (nSPS) is 10.6. The fourth-order valence-corrected chi connectivity index (χ4v) is 2.02. The average Bonchev–Trinajstić information content (AvgIpc) is 2.63. The van der Waals surface area contributed by atoms with Crippen LogP contribution in [0.3, 0.4) is 0 Å². The molecule has 3 aromatic rings. The van der Waals surface area contributed by atoms with Gasteiger partial charge in [0.1, 0.15) is 0 Å². The molecule has 0 radical (unpaired) electrons. The Morgan fingerprint density at radius 3 is 2.30 bits per heavy atom. The number of rotatable bonds is 4. The molecule has 112 valence electrons. The van der Waals surface area contributed by atoms with Crippen molar-refractivity contribution in [2.75, 3.05) is 5.32 Å². The van der Waals surface area contributed by atoms with Crippen LogP contribution in [0.2, 0.25) is 0 Å². The smallest absolute Gasteiger partial charge is 0.255 e. The molecular formula is C19H15N3O. The molecule has 0 aliphatic heterocycles. The highest BCUT2D eigenvalue weighted by atomic mass is 16.1. The Morgan fingerprint density at radius 2 is 1.61 bits per heavy atom. The molecule has 0 aliphatic carbocycles. The molecular weight excluding hydrogens is 286 g/mol. The lowest BCUT2D eigenvalue weighted by Crippen LogP contribution is -2.11. The van der Waals surface area contributed by atoms with E-state index >= 15 is 0 Å². The monoisotopic (exact) mass is 301 g/mol. The Balaban J connectivity index is 1.65. The van der Waals surface area contributed by atoms with Gasteiger partial charge in [-0.05, 0) is 54.1 Å². The van der Waals surface area contributed by atoms with Crippen LogP contribution in [0.1, 0.15) is 15.9 Å². The number of carbonyl (C=O) groups excluding carboxylic acids is 1. The average molecular weight is 301 g/mol. The lowest BCUT2D eigenvalue weighted by atomic mass is 10.2. The molecule has 1 amide bonds. The van der Waals surface area contributed by atoms with Crippen LogP contribution in [-0.4, -0.2) is 17.1 Å². The number of carbonyl (C=O) groups is 1. The van der Waals surface area contributed by atoms with E-state index in [1.165, 1.54) is 0 Å². The van der Waals surface area contributed by atoms with Crippen LogP contribution in [0.25, 0.3) is 0 Å². The second-order valence-corrected chi connectivity index (χ2v) is 4.91. The molecule has 1 aromatic heterocycles. The van der Waals surface area contributed by atoms with Crippen molar-refractivity contribution >= 4 is 23.5 Å². The summed E-state index contributed by atoms with van der Waals surface area (Å²) in [5.41, 5.74) is 3.18. The van der Waals surface area contributed by atoms with Gasteiger partial charge >= 0.3 is 0 Å². The first-order valence-corrected chi connectivity index (χ1v) is 7.22. The van der Waals surface area contributed by atoms with Gasteiger partial charge in [-0.1, -0.05) is 18.2 Å². The van der Waals surface area contributed by atoms with Gasteiger partial charge in [0.25, 0.3) is 5.91 Å². The van der Waals surface area contributed by atoms with Gasteiger partial charge in [-0.2, -0.15) is 0 Å². The maximum atomic E-state index is 12.1. The minimum absolute atomic E-state index is 0.126. The van der Waals surface area contributed by atoms with Crippen molar-refractivity contribution in [2.45, 2.75) is 0 Å². The summed E-state index contributed by atoms with van der Waals surface area (Å²) < 4.78 is 0. The van der Waals surface area contributed by atoms with Gasteiger partial charge in [0.05, 0.1) is 5.69 Å². The maximum Gasteiger partial charge on any atom is 0.255 e. The third-order valence-electron chi connectivity index (χ3n) is 3.23. The molecule has 0 aliphatic rings. The number of hydrogen-bond acceptors (Lipinski definition) is 3. The SMILES string of the molecule is O=C(Nc1ccc(N=Cc2ccncc2)cc1)c1ccccc1. The van der Waals surface area contributed by atoms with Gasteiger partial charge in [0.2, 0.25) is 0 Å². The number of benzene rings is 2. The minimum atomic E-state index is -0.126. The van der Waals surface area contributed by atoms with Gasteiger partial charge in [-0.15, -0.1) is 0 Å². The van der Waals surface area contributed by atoms with Gasteiger partial charge in [-0.3, -0.25) is 14.8 Å². The predicted octanol–water partition coefficient (Wildman–Crippen LogP) is 4.08. The van der Waals surface area contributed by atoms with Crippen molar-refractivity contribution in [3.05, 3.63) is 90.3 Å². The molecule has 0 atom stereocenters. The largest absolute Gasteiger partial charge is 0.322 e. The highest BCUT2D eigenvalue weighted by Gasteiger charge is 2.04. The molecule has 0 saturated heterocycles. The fraction of sp³-hybridized carbons (Fsp3) is 0. The summed E-state index contributed by atoms with van der Waals surface area (Å²) in [6.07, 6.45) is 5.23. The first-order chi connectivity index (χ1) is 11.3. The van der Waals surface area contributed by atoms with E-state index in [2.05, 4.69) is 15.3 Å². The molecule has 1 heterocycles. The number of nitrogens with one attached hydrogen (secondary N) is 1. The maximum absolute atomic E-state index is 12.1. The molecule has 4 nitrogen and oxygen atoms in total. The van der Waals surface area contributed by atoms with Crippen LogP contribution in [0.4, 0.5) is 11.4 Å². The summed E-state index contributed by atoms with van der Waals surface area (Å²) in [7, 11) is 0. The zero-order chi connectivity index (χ0) is 15.9. The van der Waals surface area contributed by atoms with Crippen molar-refractivity contribution in [1.82, 2.24) is 4.98 Å². The number of aliphatic imine (C=N–C) groups is 1. The molecule has 1 N–H and O–H groups in total. The summed E-state index contributed by atoms with van der Waals surface area (Å²) in [5, 5.41) is 2.86. The van der Waals surface area contributed by atoms with Gasteiger partial charge in [0, 0.05) is 29.9 Å². The van der Waals surface area contributed by atoms with E-state index in [1.807, 2.05) is 54.6 Å². The third kappa shape index (κ3) is 4.11.